The standard InChI is InChI=1S/C12H9N3/c13-6-5-11-9-3-1-2-4-10(9)12-7-14-8-15(11)12/h1-2,4,7-8H,3,5H2. The highest BCUT2D eigenvalue weighted by Gasteiger charge is 2.14. The first-order valence-electron chi connectivity index (χ1n) is 4.91. The molecule has 2 heterocycles. The Labute approximate surface area is 87.0 Å². The van der Waals surface area contributed by atoms with Crippen LogP contribution in [0, 0.1) is 11.3 Å². The van der Waals surface area contributed by atoms with E-state index in [0.717, 1.165) is 17.6 Å². The molecule has 0 N–H and O–H groups in total. The van der Waals surface area contributed by atoms with Crippen LogP contribution in [-0.2, 0) is 12.8 Å². The van der Waals surface area contributed by atoms with Gasteiger partial charge in [0.2, 0.25) is 0 Å². The molecule has 0 fully saturated rings. The van der Waals surface area contributed by atoms with Crippen LogP contribution in [0.3, 0.4) is 0 Å². The van der Waals surface area contributed by atoms with Crippen LogP contribution in [0.4, 0.5) is 0 Å². The van der Waals surface area contributed by atoms with E-state index < -0.39 is 0 Å². The molecular formula is C12H9N3. The van der Waals surface area contributed by atoms with Gasteiger partial charge in [-0.3, -0.25) is 0 Å². The van der Waals surface area contributed by atoms with E-state index in [1.807, 2.05) is 10.6 Å². The molecule has 2 aromatic heterocycles. The highest BCUT2D eigenvalue weighted by atomic mass is 15.0. The molecule has 3 heteroatoms. The normalized spacial score (nSPS) is 13.5. The van der Waals surface area contributed by atoms with E-state index in [0.29, 0.717) is 6.42 Å². The number of hydrogen-bond acceptors (Lipinski definition) is 2. The molecule has 0 saturated heterocycles. The molecule has 0 radical (unpaired) electrons. The summed E-state index contributed by atoms with van der Waals surface area (Å²) in [6.07, 6.45) is 11.3. The molecule has 1 aliphatic rings. The van der Waals surface area contributed by atoms with Crippen LogP contribution in [0.15, 0.2) is 24.7 Å². The van der Waals surface area contributed by atoms with Gasteiger partial charge in [0.1, 0.15) is 0 Å². The first-order valence-corrected chi connectivity index (χ1v) is 4.91. The third kappa shape index (κ3) is 1.02. The molecule has 0 aromatic carbocycles. The summed E-state index contributed by atoms with van der Waals surface area (Å²) in [5.74, 6) is 0. The van der Waals surface area contributed by atoms with Crippen molar-refractivity contribution in [2.75, 3.05) is 0 Å². The smallest absolute Gasteiger partial charge is 0.0994 e. The lowest BCUT2D eigenvalue weighted by Crippen LogP contribution is -2.08. The van der Waals surface area contributed by atoms with Crippen molar-refractivity contribution in [3.63, 3.8) is 0 Å². The van der Waals surface area contributed by atoms with Crippen LogP contribution in [0.25, 0.3) is 11.6 Å². The lowest BCUT2D eigenvalue weighted by Gasteiger charge is -2.00. The predicted molar refractivity (Wildman–Crippen MR) is 57.0 cm³/mol. The number of nitrogens with zero attached hydrogens (tertiary/aromatic N) is 3. The summed E-state index contributed by atoms with van der Waals surface area (Å²) in [5, 5.41) is 10.0. The lowest BCUT2D eigenvalue weighted by molar-refractivity contribution is 1.01. The van der Waals surface area contributed by atoms with Crippen molar-refractivity contribution >= 4 is 11.6 Å². The Morgan fingerprint density at radius 2 is 2.47 bits per heavy atom. The van der Waals surface area contributed by atoms with Gasteiger partial charge in [-0.15, -0.1) is 0 Å². The minimum absolute atomic E-state index is 0.448. The number of fused-ring (bicyclic) bond motifs is 3. The van der Waals surface area contributed by atoms with E-state index in [2.05, 4.69) is 29.3 Å². The van der Waals surface area contributed by atoms with Crippen LogP contribution < -0.4 is 5.22 Å². The fourth-order valence-corrected chi connectivity index (χ4v) is 2.20. The number of allylic oxidation sites excluding steroid dienone is 2. The van der Waals surface area contributed by atoms with Gasteiger partial charge in [0.25, 0.3) is 0 Å². The minimum Gasteiger partial charge on any atom is -0.301 e. The second-order valence-corrected chi connectivity index (χ2v) is 3.62. The van der Waals surface area contributed by atoms with Crippen molar-refractivity contribution in [2.24, 2.45) is 0 Å². The molecule has 72 valence electrons. The van der Waals surface area contributed by atoms with Crippen molar-refractivity contribution in [3.05, 3.63) is 41.2 Å². The second-order valence-electron chi connectivity index (χ2n) is 3.62. The van der Waals surface area contributed by atoms with Gasteiger partial charge in [0.05, 0.1) is 30.5 Å². The summed E-state index contributed by atoms with van der Waals surface area (Å²) >= 11 is 0. The monoisotopic (exact) mass is 195 g/mol. The molecule has 3 nitrogen and oxygen atoms in total. The topological polar surface area (TPSA) is 41.1 Å². The molecule has 0 bridgehead atoms. The maximum Gasteiger partial charge on any atom is 0.0994 e. The molecule has 3 rings (SSSR count). The zero-order chi connectivity index (χ0) is 10.3. The predicted octanol–water partition coefficient (Wildman–Crippen LogP) is 1.01. The van der Waals surface area contributed by atoms with Gasteiger partial charge in [-0.25, -0.2) is 4.98 Å². The van der Waals surface area contributed by atoms with Gasteiger partial charge in [-0.1, -0.05) is 18.2 Å². The summed E-state index contributed by atoms with van der Waals surface area (Å²) in [6.45, 7) is 0. The zero-order valence-corrected chi connectivity index (χ0v) is 8.14. The second kappa shape index (κ2) is 2.96. The van der Waals surface area contributed by atoms with Crippen molar-refractivity contribution in [3.8, 4) is 6.07 Å². The summed E-state index contributed by atoms with van der Waals surface area (Å²) in [7, 11) is 0. The highest BCUT2D eigenvalue weighted by Crippen LogP contribution is 2.14. The number of aromatic nitrogens is 2. The Bertz CT molecular complexity index is 640. The highest BCUT2D eigenvalue weighted by molar-refractivity contribution is 5.62. The van der Waals surface area contributed by atoms with E-state index >= 15 is 0 Å². The zero-order valence-electron chi connectivity index (χ0n) is 8.14. The maximum atomic E-state index is 8.82. The summed E-state index contributed by atoms with van der Waals surface area (Å²) < 4.78 is 2.03. The Morgan fingerprint density at radius 1 is 1.53 bits per heavy atom. The SMILES string of the molecule is N#CCc1c2c(c3cncn13)=CC=CC2. The lowest BCUT2D eigenvalue weighted by atomic mass is 10.0. The first-order chi connectivity index (χ1) is 7.42. The molecule has 0 saturated carbocycles. The Hall–Kier alpha value is -2.08. The quantitative estimate of drug-likeness (QED) is 0.681. The fraction of sp³-hybridized carbons (Fsp3) is 0.167. The third-order valence-corrected chi connectivity index (χ3v) is 2.85. The van der Waals surface area contributed by atoms with Gasteiger partial charge >= 0.3 is 0 Å². The van der Waals surface area contributed by atoms with E-state index in [-0.39, 0.29) is 0 Å². The van der Waals surface area contributed by atoms with Crippen LogP contribution in [0.2, 0.25) is 0 Å². The third-order valence-electron chi connectivity index (χ3n) is 2.85. The molecule has 15 heavy (non-hydrogen) atoms. The summed E-state index contributed by atoms with van der Waals surface area (Å²) in [4.78, 5) is 4.12. The average molecular weight is 195 g/mol. The van der Waals surface area contributed by atoms with E-state index in [4.69, 9.17) is 5.26 Å². The van der Waals surface area contributed by atoms with E-state index in [1.165, 1.54) is 10.8 Å². The van der Waals surface area contributed by atoms with E-state index in [1.54, 1.807) is 6.33 Å². The van der Waals surface area contributed by atoms with Gasteiger partial charge in [-0.05, 0) is 12.0 Å². The van der Waals surface area contributed by atoms with Crippen LogP contribution in [0.1, 0.15) is 11.3 Å². The number of nitriles is 1. The Morgan fingerprint density at radius 3 is 3.33 bits per heavy atom. The van der Waals surface area contributed by atoms with Gasteiger partial charge in [0.15, 0.2) is 0 Å². The molecule has 1 aliphatic carbocycles. The first kappa shape index (κ1) is 8.25. The minimum atomic E-state index is 0.448. The van der Waals surface area contributed by atoms with Gasteiger partial charge < -0.3 is 4.40 Å². The molecule has 0 atom stereocenters. The molecule has 0 unspecified atom stereocenters. The van der Waals surface area contributed by atoms with Gasteiger partial charge in [-0.2, -0.15) is 5.26 Å². The van der Waals surface area contributed by atoms with Crippen LogP contribution in [-0.4, -0.2) is 9.38 Å². The summed E-state index contributed by atoms with van der Waals surface area (Å²) in [6, 6.07) is 2.22. The summed E-state index contributed by atoms with van der Waals surface area (Å²) in [5.41, 5.74) is 3.47. The fourth-order valence-electron chi connectivity index (χ4n) is 2.20. The van der Waals surface area contributed by atoms with Crippen LogP contribution >= 0.6 is 0 Å². The van der Waals surface area contributed by atoms with Crippen molar-refractivity contribution < 1.29 is 0 Å². The van der Waals surface area contributed by atoms with Gasteiger partial charge in [0, 0.05) is 10.9 Å². The number of imidazole rings is 1. The van der Waals surface area contributed by atoms with Crippen molar-refractivity contribution in [1.82, 2.24) is 9.38 Å². The van der Waals surface area contributed by atoms with E-state index in [9.17, 15) is 0 Å². The molecule has 0 spiro atoms. The molecule has 0 aliphatic heterocycles. The maximum absolute atomic E-state index is 8.82. The Kier molecular flexibility index (Phi) is 1.63. The van der Waals surface area contributed by atoms with Crippen molar-refractivity contribution in [1.29, 1.82) is 5.26 Å². The van der Waals surface area contributed by atoms with Crippen molar-refractivity contribution in [2.45, 2.75) is 12.8 Å². The number of rotatable bonds is 1. The molecular weight excluding hydrogens is 186 g/mol. The number of hydrogen-bond donors (Lipinski definition) is 0. The van der Waals surface area contributed by atoms with Crippen LogP contribution in [0.5, 0.6) is 0 Å². The average Bonchev–Trinajstić information content (AvgIpc) is 2.82. The molecule has 0 amide bonds. The Balaban J connectivity index is 2.44. The molecule has 2 aromatic rings. The largest absolute Gasteiger partial charge is 0.301 e.